The Morgan fingerprint density at radius 1 is 1.33 bits per heavy atom. The van der Waals surface area contributed by atoms with Crippen LogP contribution >= 0.6 is 0 Å². The van der Waals surface area contributed by atoms with Crippen molar-refractivity contribution < 1.29 is 22.3 Å². The van der Waals surface area contributed by atoms with Gasteiger partial charge in [-0.2, -0.15) is 0 Å². The van der Waals surface area contributed by atoms with Gasteiger partial charge in [-0.1, -0.05) is 0 Å². The van der Waals surface area contributed by atoms with E-state index in [0.29, 0.717) is 19.3 Å². The molecule has 6 nitrogen and oxygen atoms in total. The fraction of sp³-hybridized carbons (Fsp3) is 0.562. The molecule has 0 radical (unpaired) electrons. The molecule has 2 rings (SSSR count). The normalized spacial score (nSPS) is 24.5. The highest BCUT2D eigenvalue weighted by molar-refractivity contribution is 7.91. The number of hydrogen-bond acceptors (Lipinski definition) is 5. The number of nitrogens with two attached hydrogens (primary N) is 1. The minimum absolute atomic E-state index is 0.0126. The first kappa shape index (κ1) is 18.8. The van der Waals surface area contributed by atoms with Crippen LogP contribution in [-0.4, -0.2) is 45.9 Å². The second kappa shape index (κ2) is 8.04. The van der Waals surface area contributed by atoms with E-state index in [0.717, 1.165) is 12.1 Å². The smallest absolute Gasteiger partial charge is 0.223 e. The summed E-state index contributed by atoms with van der Waals surface area (Å²) in [6.07, 6.45) is 1.74. The highest BCUT2D eigenvalue weighted by Gasteiger charge is 2.32. The molecular formula is C16H23FN2O4S. The van der Waals surface area contributed by atoms with Gasteiger partial charge in [0.1, 0.15) is 5.82 Å². The minimum Gasteiger partial charge on any atom is -0.380 e. The van der Waals surface area contributed by atoms with Crippen molar-refractivity contribution in [3.05, 3.63) is 30.1 Å². The van der Waals surface area contributed by atoms with Crippen LogP contribution in [0.1, 0.15) is 19.3 Å². The van der Waals surface area contributed by atoms with Crippen LogP contribution in [0.15, 0.2) is 29.2 Å². The molecule has 0 bridgehead atoms. The van der Waals surface area contributed by atoms with E-state index in [2.05, 4.69) is 5.32 Å². The molecule has 1 aromatic rings. The number of nitrogens with one attached hydrogen (secondary N) is 1. The van der Waals surface area contributed by atoms with Crippen molar-refractivity contribution in [3.8, 4) is 0 Å². The Morgan fingerprint density at radius 3 is 2.62 bits per heavy atom. The molecule has 0 unspecified atom stereocenters. The Morgan fingerprint density at radius 2 is 2.00 bits per heavy atom. The van der Waals surface area contributed by atoms with Crippen LogP contribution in [0, 0.1) is 11.7 Å². The zero-order valence-corrected chi connectivity index (χ0v) is 14.4. The molecule has 134 valence electrons. The molecule has 1 saturated carbocycles. The molecular weight excluding hydrogens is 335 g/mol. The van der Waals surface area contributed by atoms with Crippen LogP contribution in [0.3, 0.4) is 0 Å². The van der Waals surface area contributed by atoms with E-state index < -0.39 is 15.7 Å². The molecule has 1 fully saturated rings. The first-order valence-electron chi connectivity index (χ1n) is 7.88. The van der Waals surface area contributed by atoms with Gasteiger partial charge >= 0.3 is 0 Å². The Hall–Kier alpha value is -1.51. The number of halogens is 1. The van der Waals surface area contributed by atoms with Crippen LogP contribution < -0.4 is 11.1 Å². The lowest BCUT2D eigenvalue weighted by molar-refractivity contribution is -0.127. The zero-order valence-electron chi connectivity index (χ0n) is 13.6. The molecule has 8 heteroatoms. The Bertz CT molecular complexity index is 663. The number of ether oxygens (including phenoxy) is 1. The number of rotatable bonds is 6. The summed E-state index contributed by atoms with van der Waals surface area (Å²) in [7, 11) is -1.98. The number of sulfone groups is 1. The van der Waals surface area contributed by atoms with E-state index in [-0.39, 0.29) is 41.2 Å². The molecule has 3 atom stereocenters. The van der Waals surface area contributed by atoms with Gasteiger partial charge in [-0.05, 0) is 43.5 Å². The van der Waals surface area contributed by atoms with Crippen molar-refractivity contribution in [3.63, 3.8) is 0 Å². The third kappa shape index (κ3) is 4.75. The molecule has 0 aromatic heterocycles. The van der Waals surface area contributed by atoms with Crippen LogP contribution in [0.2, 0.25) is 0 Å². The molecule has 24 heavy (non-hydrogen) atoms. The molecule has 0 spiro atoms. The van der Waals surface area contributed by atoms with Crippen molar-refractivity contribution >= 4 is 15.7 Å². The molecule has 0 aliphatic heterocycles. The first-order chi connectivity index (χ1) is 11.3. The third-order valence-electron chi connectivity index (χ3n) is 4.36. The van der Waals surface area contributed by atoms with Gasteiger partial charge in [-0.3, -0.25) is 4.79 Å². The van der Waals surface area contributed by atoms with Gasteiger partial charge in [0.05, 0.1) is 16.8 Å². The van der Waals surface area contributed by atoms with Crippen LogP contribution in [0.5, 0.6) is 0 Å². The largest absolute Gasteiger partial charge is 0.380 e. The van der Waals surface area contributed by atoms with E-state index in [9.17, 15) is 17.6 Å². The van der Waals surface area contributed by atoms with Gasteiger partial charge in [-0.25, -0.2) is 12.8 Å². The average Bonchev–Trinajstić information content (AvgIpc) is 2.55. The van der Waals surface area contributed by atoms with E-state index in [4.69, 9.17) is 10.5 Å². The lowest BCUT2D eigenvalue weighted by atomic mass is 9.83. The number of carbonyl (C=O) groups is 1. The summed E-state index contributed by atoms with van der Waals surface area (Å²) >= 11 is 0. The van der Waals surface area contributed by atoms with E-state index in [1.165, 1.54) is 12.1 Å². The van der Waals surface area contributed by atoms with Crippen molar-refractivity contribution in [1.29, 1.82) is 0 Å². The number of amides is 1. The Balaban J connectivity index is 1.85. The fourth-order valence-corrected chi connectivity index (χ4v) is 4.03. The number of hydrogen-bond donors (Lipinski definition) is 2. The third-order valence-corrected chi connectivity index (χ3v) is 6.09. The molecule has 0 heterocycles. The van der Waals surface area contributed by atoms with Gasteiger partial charge in [-0.15, -0.1) is 0 Å². The van der Waals surface area contributed by atoms with Gasteiger partial charge in [0.15, 0.2) is 9.84 Å². The highest BCUT2D eigenvalue weighted by atomic mass is 32.2. The zero-order chi connectivity index (χ0) is 17.7. The van der Waals surface area contributed by atoms with Gasteiger partial charge in [0, 0.05) is 25.6 Å². The quantitative estimate of drug-likeness (QED) is 0.735. The standard InChI is InChI=1S/C16H23FN2O4S/c1-23-15-10-11(2-7-14(15)18)16(20)19-8-9-24(21,22)13-5-3-12(17)4-6-13/h3-6,11,14-15H,2,7-10,18H2,1H3,(H,19,20)/t11-,14+,15+/m0/s1. The summed E-state index contributed by atoms with van der Waals surface area (Å²) in [5.41, 5.74) is 5.92. The van der Waals surface area contributed by atoms with Crippen LogP contribution in [0.4, 0.5) is 4.39 Å². The molecule has 0 saturated heterocycles. The van der Waals surface area contributed by atoms with Crippen molar-refractivity contribution in [1.82, 2.24) is 5.32 Å². The predicted molar refractivity (Wildman–Crippen MR) is 87.6 cm³/mol. The van der Waals surface area contributed by atoms with Gasteiger partial charge in [0.25, 0.3) is 0 Å². The molecule has 1 aliphatic rings. The summed E-state index contributed by atoms with van der Waals surface area (Å²) < 4.78 is 42.4. The summed E-state index contributed by atoms with van der Waals surface area (Å²) in [6, 6.07) is 4.57. The second-order valence-corrected chi connectivity index (χ2v) is 8.12. The van der Waals surface area contributed by atoms with Crippen LogP contribution in [0.25, 0.3) is 0 Å². The van der Waals surface area contributed by atoms with E-state index in [1.807, 2.05) is 0 Å². The summed E-state index contributed by atoms with van der Waals surface area (Å²) in [4.78, 5) is 12.2. The Labute approximate surface area is 141 Å². The average molecular weight is 358 g/mol. The lowest BCUT2D eigenvalue weighted by Crippen LogP contribution is -2.45. The maximum absolute atomic E-state index is 12.9. The maximum Gasteiger partial charge on any atom is 0.223 e. The minimum atomic E-state index is -3.55. The van der Waals surface area contributed by atoms with Crippen LogP contribution in [-0.2, 0) is 19.4 Å². The molecule has 1 aromatic carbocycles. The SMILES string of the molecule is CO[C@@H]1C[C@@H](C(=O)NCCS(=O)(=O)c2ccc(F)cc2)CC[C@H]1N. The Kier molecular flexibility index (Phi) is 6.31. The number of benzene rings is 1. The summed E-state index contributed by atoms with van der Waals surface area (Å²) in [5.74, 6) is -1.13. The van der Waals surface area contributed by atoms with E-state index in [1.54, 1.807) is 7.11 Å². The lowest BCUT2D eigenvalue weighted by Gasteiger charge is -2.32. The second-order valence-electron chi connectivity index (χ2n) is 6.01. The number of carbonyl (C=O) groups excluding carboxylic acids is 1. The molecule has 3 N–H and O–H groups in total. The van der Waals surface area contributed by atoms with Crippen molar-refractivity contribution in [2.24, 2.45) is 11.7 Å². The predicted octanol–water partition coefficient (Wildman–Crippen LogP) is 0.858. The highest BCUT2D eigenvalue weighted by Crippen LogP contribution is 2.25. The first-order valence-corrected chi connectivity index (χ1v) is 9.53. The molecule has 1 aliphatic carbocycles. The summed E-state index contributed by atoms with van der Waals surface area (Å²) in [6.45, 7) is 0.0126. The number of methoxy groups -OCH3 is 1. The maximum atomic E-state index is 12.9. The topological polar surface area (TPSA) is 98.5 Å². The van der Waals surface area contributed by atoms with Crippen molar-refractivity contribution in [2.45, 2.75) is 36.3 Å². The van der Waals surface area contributed by atoms with E-state index >= 15 is 0 Å². The van der Waals surface area contributed by atoms with Gasteiger partial charge in [0.2, 0.25) is 5.91 Å². The molecule has 1 amide bonds. The monoisotopic (exact) mass is 358 g/mol. The summed E-state index contributed by atoms with van der Waals surface area (Å²) in [5, 5.41) is 2.66. The van der Waals surface area contributed by atoms with Crippen molar-refractivity contribution in [2.75, 3.05) is 19.4 Å². The van der Waals surface area contributed by atoms with Gasteiger partial charge < -0.3 is 15.8 Å². The fourth-order valence-electron chi connectivity index (χ4n) is 2.87.